The van der Waals surface area contributed by atoms with Crippen molar-refractivity contribution in [1.82, 2.24) is 0 Å². The van der Waals surface area contributed by atoms with Gasteiger partial charge in [-0.05, 0) is 60.7 Å². The number of carbonyl (C=O) groups excluding carboxylic acids is 1. The van der Waals surface area contributed by atoms with E-state index >= 15 is 0 Å². The number of hydrogen-bond acceptors (Lipinski definition) is 6. The summed E-state index contributed by atoms with van der Waals surface area (Å²) >= 11 is 0. The molecule has 0 unspecified atom stereocenters. The van der Waals surface area contributed by atoms with Crippen molar-refractivity contribution in [3.63, 3.8) is 0 Å². The van der Waals surface area contributed by atoms with E-state index in [9.17, 15) is 17.6 Å². The van der Waals surface area contributed by atoms with E-state index in [0.717, 1.165) is 16.4 Å². The van der Waals surface area contributed by atoms with Gasteiger partial charge in [-0.3, -0.25) is 9.10 Å². The molecule has 8 nitrogen and oxygen atoms in total. The first-order valence-corrected chi connectivity index (χ1v) is 12.1. The molecule has 1 aliphatic rings. The standard InChI is InChI=1S/C25H23FN2O6S/c1-2-13-32-21-9-5-19(6-10-21)27-25(29)17-28(20-7-3-18(26)4-8-20)35(30,31)22-11-12-23-24(16-22)34-15-14-33-23/h2-12,16H,1,13-15,17H2,(H,27,29). The zero-order valence-corrected chi connectivity index (χ0v) is 19.5. The highest BCUT2D eigenvalue weighted by atomic mass is 32.2. The van der Waals surface area contributed by atoms with E-state index < -0.39 is 28.3 Å². The molecule has 0 aromatic heterocycles. The van der Waals surface area contributed by atoms with Crippen LogP contribution < -0.4 is 23.8 Å². The van der Waals surface area contributed by atoms with Gasteiger partial charge in [0.15, 0.2) is 11.5 Å². The molecule has 10 heteroatoms. The topological polar surface area (TPSA) is 94.2 Å². The number of hydrogen-bond donors (Lipinski definition) is 1. The second-order valence-electron chi connectivity index (χ2n) is 7.47. The van der Waals surface area contributed by atoms with Crippen molar-refractivity contribution in [1.29, 1.82) is 0 Å². The Hall–Kier alpha value is -4.05. The van der Waals surface area contributed by atoms with E-state index in [0.29, 0.717) is 36.1 Å². The van der Waals surface area contributed by atoms with E-state index in [1.165, 1.54) is 30.3 Å². The Morgan fingerprint density at radius 1 is 1.03 bits per heavy atom. The van der Waals surface area contributed by atoms with Crippen LogP contribution >= 0.6 is 0 Å². The highest BCUT2D eigenvalue weighted by Crippen LogP contribution is 2.34. The maximum Gasteiger partial charge on any atom is 0.264 e. The number of rotatable bonds is 9. The van der Waals surface area contributed by atoms with E-state index in [1.807, 2.05) is 0 Å². The Labute approximate surface area is 202 Å². The molecule has 1 heterocycles. The first kappa shape index (κ1) is 24.1. The summed E-state index contributed by atoms with van der Waals surface area (Å²) in [5, 5.41) is 2.67. The van der Waals surface area contributed by atoms with Crippen molar-refractivity contribution < 1.29 is 31.8 Å². The number of amides is 1. The van der Waals surface area contributed by atoms with Crippen LogP contribution in [0.1, 0.15) is 0 Å². The molecule has 0 bridgehead atoms. The molecule has 0 saturated carbocycles. The van der Waals surface area contributed by atoms with E-state index in [-0.39, 0.29) is 17.2 Å². The molecule has 1 aliphatic heterocycles. The smallest absolute Gasteiger partial charge is 0.264 e. The van der Waals surface area contributed by atoms with Gasteiger partial charge in [-0.2, -0.15) is 0 Å². The normalized spacial score (nSPS) is 12.5. The van der Waals surface area contributed by atoms with Crippen LogP contribution in [0.3, 0.4) is 0 Å². The summed E-state index contributed by atoms with van der Waals surface area (Å²) in [6.45, 7) is 4.03. The highest BCUT2D eigenvalue weighted by Gasteiger charge is 2.29. The summed E-state index contributed by atoms with van der Waals surface area (Å²) in [5.74, 6) is 0.197. The number of nitrogens with one attached hydrogen (secondary N) is 1. The number of carbonyl (C=O) groups is 1. The molecule has 1 amide bonds. The van der Waals surface area contributed by atoms with Crippen LogP contribution in [0.2, 0.25) is 0 Å². The molecule has 0 radical (unpaired) electrons. The average molecular weight is 499 g/mol. The summed E-state index contributed by atoms with van der Waals surface area (Å²) in [4.78, 5) is 12.8. The third-order valence-corrected chi connectivity index (χ3v) is 6.78. The fourth-order valence-electron chi connectivity index (χ4n) is 3.35. The lowest BCUT2D eigenvalue weighted by atomic mass is 10.3. The molecule has 0 aliphatic carbocycles. The molecule has 4 rings (SSSR count). The summed E-state index contributed by atoms with van der Waals surface area (Å²) in [7, 11) is -4.22. The number of fused-ring (bicyclic) bond motifs is 1. The number of halogens is 1. The van der Waals surface area contributed by atoms with Crippen molar-refractivity contribution in [2.45, 2.75) is 4.90 Å². The molecular formula is C25H23FN2O6S. The third-order valence-electron chi connectivity index (χ3n) is 5.01. The van der Waals surface area contributed by atoms with Crippen molar-refractivity contribution in [2.75, 3.05) is 36.0 Å². The van der Waals surface area contributed by atoms with Gasteiger partial charge in [0.2, 0.25) is 5.91 Å². The molecule has 182 valence electrons. The quantitative estimate of drug-likeness (QED) is 0.449. The molecule has 1 N–H and O–H groups in total. The average Bonchev–Trinajstić information content (AvgIpc) is 2.87. The SMILES string of the molecule is C=CCOc1ccc(NC(=O)CN(c2ccc(F)cc2)S(=O)(=O)c2ccc3c(c2)OCCO3)cc1. The Kier molecular flexibility index (Phi) is 7.21. The highest BCUT2D eigenvalue weighted by molar-refractivity contribution is 7.92. The lowest BCUT2D eigenvalue weighted by molar-refractivity contribution is -0.114. The second-order valence-corrected chi connectivity index (χ2v) is 9.33. The van der Waals surface area contributed by atoms with E-state index in [2.05, 4.69) is 11.9 Å². The van der Waals surface area contributed by atoms with E-state index in [1.54, 1.807) is 30.3 Å². The monoisotopic (exact) mass is 498 g/mol. The minimum atomic E-state index is -4.22. The fourth-order valence-corrected chi connectivity index (χ4v) is 4.79. The summed E-state index contributed by atoms with van der Waals surface area (Å²) in [6, 6.07) is 15.7. The third kappa shape index (κ3) is 5.72. The van der Waals surface area contributed by atoms with Crippen LogP contribution in [-0.2, 0) is 14.8 Å². The maximum absolute atomic E-state index is 13.6. The molecule has 3 aromatic rings. The number of ether oxygens (including phenoxy) is 3. The van der Waals surface area contributed by atoms with Gasteiger partial charge in [0.1, 0.15) is 37.9 Å². The van der Waals surface area contributed by atoms with Crippen LogP contribution in [0, 0.1) is 5.82 Å². The van der Waals surface area contributed by atoms with Crippen LogP contribution in [0.15, 0.2) is 84.3 Å². The zero-order chi connectivity index (χ0) is 24.8. The fraction of sp³-hybridized carbons (Fsp3) is 0.160. The number of nitrogens with zero attached hydrogens (tertiary/aromatic N) is 1. The Morgan fingerprint density at radius 3 is 2.40 bits per heavy atom. The van der Waals surface area contributed by atoms with Gasteiger partial charge in [0.05, 0.1) is 10.6 Å². The lowest BCUT2D eigenvalue weighted by Gasteiger charge is -2.25. The lowest BCUT2D eigenvalue weighted by Crippen LogP contribution is -2.38. The van der Waals surface area contributed by atoms with Gasteiger partial charge in [0, 0.05) is 11.8 Å². The van der Waals surface area contributed by atoms with Crippen molar-refractivity contribution >= 4 is 27.3 Å². The van der Waals surface area contributed by atoms with Crippen LogP contribution in [-0.4, -0.2) is 40.7 Å². The molecule has 0 saturated heterocycles. The Bertz CT molecular complexity index is 1310. The predicted octanol–water partition coefficient (Wildman–Crippen LogP) is 4.00. The van der Waals surface area contributed by atoms with Crippen LogP contribution in [0.25, 0.3) is 0 Å². The number of anilines is 2. The van der Waals surface area contributed by atoms with Gasteiger partial charge >= 0.3 is 0 Å². The molecule has 0 spiro atoms. The second kappa shape index (κ2) is 10.5. The zero-order valence-electron chi connectivity index (χ0n) is 18.6. The molecule has 0 fully saturated rings. The van der Waals surface area contributed by atoms with Crippen LogP contribution in [0.5, 0.6) is 17.2 Å². The van der Waals surface area contributed by atoms with Crippen molar-refractivity contribution in [3.8, 4) is 17.2 Å². The van der Waals surface area contributed by atoms with Gasteiger partial charge < -0.3 is 19.5 Å². The molecule has 35 heavy (non-hydrogen) atoms. The van der Waals surface area contributed by atoms with Gasteiger partial charge in [-0.25, -0.2) is 12.8 Å². The first-order chi connectivity index (χ1) is 16.9. The van der Waals surface area contributed by atoms with Gasteiger partial charge in [-0.15, -0.1) is 0 Å². The van der Waals surface area contributed by atoms with Crippen LogP contribution in [0.4, 0.5) is 15.8 Å². The summed E-state index contributed by atoms with van der Waals surface area (Å²) < 4.78 is 57.9. The number of benzene rings is 3. The summed E-state index contributed by atoms with van der Waals surface area (Å²) in [5.41, 5.74) is 0.585. The minimum Gasteiger partial charge on any atom is -0.490 e. The Balaban J connectivity index is 1.59. The predicted molar refractivity (Wildman–Crippen MR) is 129 cm³/mol. The molecule has 0 atom stereocenters. The summed E-state index contributed by atoms with van der Waals surface area (Å²) in [6.07, 6.45) is 1.61. The molecular weight excluding hydrogens is 475 g/mol. The first-order valence-electron chi connectivity index (χ1n) is 10.7. The van der Waals surface area contributed by atoms with Gasteiger partial charge in [0.25, 0.3) is 10.0 Å². The Morgan fingerprint density at radius 2 is 1.71 bits per heavy atom. The maximum atomic E-state index is 13.6. The van der Waals surface area contributed by atoms with Crippen molar-refractivity contribution in [3.05, 3.63) is 85.2 Å². The minimum absolute atomic E-state index is 0.0948. The molecule has 3 aromatic carbocycles. The largest absolute Gasteiger partial charge is 0.490 e. The van der Waals surface area contributed by atoms with Gasteiger partial charge in [-0.1, -0.05) is 12.7 Å². The van der Waals surface area contributed by atoms with E-state index in [4.69, 9.17) is 14.2 Å². The van der Waals surface area contributed by atoms with Crippen molar-refractivity contribution in [2.24, 2.45) is 0 Å². The number of sulfonamides is 1.